The first-order valence-corrected chi connectivity index (χ1v) is 11.8. The van der Waals surface area contributed by atoms with Gasteiger partial charge in [-0.3, -0.25) is 4.79 Å². The molecule has 0 spiro atoms. The lowest BCUT2D eigenvalue weighted by Crippen LogP contribution is -2.42. The molecule has 0 aromatic heterocycles. The minimum atomic E-state index is -3.61. The van der Waals surface area contributed by atoms with Gasteiger partial charge in [0.25, 0.3) is 5.91 Å². The maximum Gasteiger partial charge on any atom is 0.254 e. The maximum atomic E-state index is 13.3. The Morgan fingerprint density at radius 3 is 2.68 bits per heavy atom. The molecule has 3 saturated heterocycles. The van der Waals surface area contributed by atoms with Crippen LogP contribution in [0.25, 0.3) is 0 Å². The molecule has 3 heterocycles. The Hall–Kier alpha value is -1.44. The molecule has 154 valence electrons. The van der Waals surface area contributed by atoms with Crippen molar-refractivity contribution < 1.29 is 18.3 Å². The summed E-state index contributed by atoms with van der Waals surface area (Å²) in [6.45, 7) is 4.45. The summed E-state index contributed by atoms with van der Waals surface area (Å²) in [5, 5.41) is 9.61. The lowest BCUT2D eigenvalue weighted by atomic mass is 9.90. The van der Waals surface area contributed by atoms with Crippen molar-refractivity contribution in [3.8, 4) is 0 Å². The van der Waals surface area contributed by atoms with Gasteiger partial charge in [-0.1, -0.05) is 12.5 Å². The molecule has 3 aliphatic heterocycles. The number of carbonyl (C=O) groups excluding carboxylic acids is 1. The van der Waals surface area contributed by atoms with Crippen molar-refractivity contribution in [1.29, 1.82) is 0 Å². The highest BCUT2D eigenvalue weighted by molar-refractivity contribution is 7.89. The number of piperidine rings is 1. The van der Waals surface area contributed by atoms with E-state index in [1.165, 1.54) is 0 Å². The van der Waals surface area contributed by atoms with Crippen molar-refractivity contribution in [2.24, 2.45) is 5.92 Å². The molecule has 1 aromatic carbocycles. The highest BCUT2D eigenvalue weighted by Crippen LogP contribution is 2.42. The summed E-state index contributed by atoms with van der Waals surface area (Å²) >= 11 is 0. The largest absolute Gasteiger partial charge is 0.396 e. The quantitative estimate of drug-likeness (QED) is 0.834. The number of aliphatic hydroxyl groups is 1. The Morgan fingerprint density at radius 1 is 1.21 bits per heavy atom. The Balaban J connectivity index is 1.65. The number of hydrogen-bond donors (Lipinski definition) is 1. The summed E-state index contributed by atoms with van der Waals surface area (Å²) < 4.78 is 28.0. The zero-order valence-corrected chi connectivity index (χ0v) is 17.5. The first-order chi connectivity index (χ1) is 13.3. The molecular formula is C21H30N2O4S. The van der Waals surface area contributed by atoms with E-state index in [4.69, 9.17) is 0 Å². The Bertz CT molecular complexity index is 869. The van der Waals surface area contributed by atoms with Crippen molar-refractivity contribution in [2.45, 2.75) is 75.4 Å². The normalized spacial score (nSPS) is 30.8. The van der Waals surface area contributed by atoms with Gasteiger partial charge in [0.2, 0.25) is 10.0 Å². The lowest BCUT2D eigenvalue weighted by molar-refractivity contribution is 0.0706. The predicted molar refractivity (Wildman–Crippen MR) is 107 cm³/mol. The number of benzene rings is 1. The summed E-state index contributed by atoms with van der Waals surface area (Å²) in [4.78, 5) is 15.5. The Morgan fingerprint density at radius 2 is 2.00 bits per heavy atom. The summed E-state index contributed by atoms with van der Waals surface area (Å²) in [6.07, 6.45) is 5.53. The van der Waals surface area contributed by atoms with Crippen LogP contribution in [0.2, 0.25) is 0 Å². The second-order valence-electron chi connectivity index (χ2n) is 8.63. The van der Waals surface area contributed by atoms with E-state index < -0.39 is 10.0 Å². The third-order valence-electron chi connectivity index (χ3n) is 6.92. The maximum absolute atomic E-state index is 13.3. The predicted octanol–water partition coefficient (Wildman–Crippen LogP) is 2.54. The van der Waals surface area contributed by atoms with Crippen molar-refractivity contribution >= 4 is 15.9 Å². The van der Waals surface area contributed by atoms with Gasteiger partial charge in [0.15, 0.2) is 0 Å². The van der Waals surface area contributed by atoms with Crippen LogP contribution in [0.4, 0.5) is 0 Å². The standard InChI is InChI=1S/C21H30N2O4S/c1-14-6-8-18(28(26,27)22-10-4-3-5-15(22)2)12-19(14)21(25)23-17-7-9-20(23)16(11-17)13-24/h6,8,12,15-17,20,24H,3-5,7,9-11,13H2,1-2H3/t15-,16+,17+,20+/m1/s1. The molecular weight excluding hydrogens is 376 g/mol. The SMILES string of the molecule is Cc1ccc(S(=O)(=O)N2CCCC[C@H]2C)cc1C(=O)N1[C@H]2CC[C@H]1[C@H](CO)C2. The van der Waals surface area contributed by atoms with Gasteiger partial charge < -0.3 is 10.0 Å². The van der Waals surface area contributed by atoms with Crippen LogP contribution in [0.5, 0.6) is 0 Å². The van der Waals surface area contributed by atoms with Gasteiger partial charge in [-0.05, 0) is 63.6 Å². The van der Waals surface area contributed by atoms with Crippen LogP contribution < -0.4 is 0 Å². The fraction of sp³-hybridized carbons (Fsp3) is 0.667. The topological polar surface area (TPSA) is 77.9 Å². The van der Waals surface area contributed by atoms with Gasteiger partial charge in [-0.25, -0.2) is 8.42 Å². The Kier molecular flexibility index (Phi) is 5.27. The highest BCUT2D eigenvalue weighted by atomic mass is 32.2. The molecule has 0 aliphatic carbocycles. The van der Waals surface area contributed by atoms with Gasteiger partial charge in [-0.2, -0.15) is 4.31 Å². The monoisotopic (exact) mass is 406 g/mol. The minimum absolute atomic E-state index is 0.0149. The number of carbonyl (C=O) groups is 1. The van der Waals surface area contributed by atoms with Gasteiger partial charge in [-0.15, -0.1) is 0 Å². The van der Waals surface area contributed by atoms with Crippen LogP contribution >= 0.6 is 0 Å². The van der Waals surface area contributed by atoms with Crippen LogP contribution in [0.1, 0.15) is 61.4 Å². The van der Waals surface area contributed by atoms with Crippen molar-refractivity contribution in [1.82, 2.24) is 9.21 Å². The molecule has 3 fully saturated rings. The van der Waals surface area contributed by atoms with E-state index in [2.05, 4.69) is 0 Å². The van der Waals surface area contributed by atoms with E-state index in [0.717, 1.165) is 44.1 Å². The second-order valence-corrected chi connectivity index (χ2v) is 10.5. The van der Waals surface area contributed by atoms with Crippen molar-refractivity contribution in [3.63, 3.8) is 0 Å². The van der Waals surface area contributed by atoms with E-state index in [0.29, 0.717) is 12.1 Å². The third kappa shape index (κ3) is 3.17. The molecule has 4 rings (SSSR count). The van der Waals surface area contributed by atoms with E-state index >= 15 is 0 Å². The molecule has 2 bridgehead atoms. The highest BCUT2D eigenvalue weighted by Gasteiger charge is 2.48. The number of fused-ring (bicyclic) bond motifs is 2. The number of rotatable bonds is 4. The number of aliphatic hydroxyl groups excluding tert-OH is 1. The van der Waals surface area contributed by atoms with E-state index in [1.54, 1.807) is 22.5 Å². The van der Waals surface area contributed by atoms with Crippen LogP contribution in [0, 0.1) is 12.8 Å². The van der Waals surface area contributed by atoms with Crippen LogP contribution in [-0.2, 0) is 10.0 Å². The van der Waals surface area contributed by atoms with Crippen LogP contribution in [0.15, 0.2) is 23.1 Å². The summed E-state index contributed by atoms with van der Waals surface area (Å²) in [6, 6.07) is 5.16. The lowest BCUT2D eigenvalue weighted by Gasteiger charge is -2.32. The van der Waals surface area contributed by atoms with Crippen LogP contribution in [0.3, 0.4) is 0 Å². The molecule has 0 radical (unpaired) electrons. The van der Waals surface area contributed by atoms with E-state index in [-0.39, 0.29) is 41.5 Å². The number of nitrogens with zero attached hydrogens (tertiary/aromatic N) is 2. The number of amides is 1. The average Bonchev–Trinajstić information content (AvgIpc) is 3.25. The second kappa shape index (κ2) is 7.43. The average molecular weight is 407 g/mol. The summed E-state index contributed by atoms with van der Waals surface area (Å²) in [5.74, 6) is 0.0498. The molecule has 1 aromatic rings. The van der Waals surface area contributed by atoms with Gasteiger partial charge in [0.1, 0.15) is 0 Å². The van der Waals surface area contributed by atoms with Gasteiger partial charge in [0, 0.05) is 42.8 Å². The van der Waals surface area contributed by atoms with E-state index in [9.17, 15) is 18.3 Å². The Labute approximate surface area is 167 Å². The molecule has 0 saturated carbocycles. The molecule has 1 N–H and O–H groups in total. The molecule has 7 heteroatoms. The van der Waals surface area contributed by atoms with Crippen molar-refractivity contribution in [2.75, 3.05) is 13.2 Å². The van der Waals surface area contributed by atoms with E-state index in [1.807, 2.05) is 18.7 Å². The third-order valence-corrected chi connectivity index (χ3v) is 8.93. The summed E-state index contributed by atoms with van der Waals surface area (Å²) in [5.41, 5.74) is 1.27. The first kappa shape index (κ1) is 19.9. The fourth-order valence-electron chi connectivity index (χ4n) is 5.32. The molecule has 3 aliphatic rings. The molecule has 28 heavy (non-hydrogen) atoms. The minimum Gasteiger partial charge on any atom is -0.396 e. The molecule has 1 amide bonds. The van der Waals surface area contributed by atoms with Crippen molar-refractivity contribution in [3.05, 3.63) is 29.3 Å². The first-order valence-electron chi connectivity index (χ1n) is 10.4. The number of aryl methyl sites for hydroxylation is 1. The zero-order valence-electron chi connectivity index (χ0n) is 16.7. The molecule has 4 atom stereocenters. The summed E-state index contributed by atoms with van der Waals surface area (Å²) in [7, 11) is -3.61. The zero-order chi connectivity index (χ0) is 20.1. The van der Waals surface area contributed by atoms with Gasteiger partial charge in [0.05, 0.1) is 4.90 Å². The van der Waals surface area contributed by atoms with Gasteiger partial charge >= 0.3 is 0 Å². The number of hydrogen-bond acceptors (Lipinski definition) is 4. The smallest absolute Gasteiger partial charge is 0.254 e. The fourth-order valence-corrected chi connectivity index (χ4v) is 7.05. The molecule has 6 nitrogen and oxygen atoms in total. The molecule has 0 unspecified atom stereocenters. The van der Waals surface area contributed by atoms with Crippen LogP contribution in [-0.4, -0.2) is 59.9 Å². The number of sulfonamides is 1.